The Kier molecular flexibility index (Phi) is 6.49. The van der Waals surface area contributed by atoms with Gasteiger partial charge in [-0.25, -0.2) is 0 Å². The van der Waals surface area contributed by atoms with Gasteiger partial charge < -0.3 is 24.6 Å². The minimum Gasteiger partial charge on any atom is -0.507 e. The molecular weight excluding hydrogens is 446 g/mol. The predicted octanol–water partition coefficient (Wildman–Crippen LogP) is 4.08. The van der Waals surface area contributed by atoms with Gasteiger partial charge in [0, 0.05) is 29.3 Å². The average molecular weight is 472 g/mol. The summed E-state index contributed by atoms with van der Waals surface area (Å²) < 4.78 is 11.2. The van der Waals surface area contributed by atoms with Gasteiger partial charge in [0.05, 0.1) is 19.8 Å². The van der Waals surface area contributed by atoms with Crippen molar-refractivity contribution in [1.29, 1.82) is 0 Å². The summed E-state index contributed by atoms with van der Waals surface area (Å²) in [7, 11) is 1.56. The molecule has 9 heteroatoms. The van der Waals surface area contributed by atoms with Gasteiger partial charge >= 0.3 is 0 Å². The van der Waals surface area contributed by atoms with E-state index in [2.05, 4.69) is 10.2 Å². The molecule has 4 rings (SSSR count). The summed E-state index contributed by atoms with van der Waals surface area (Å²) in [6.45, 7) is 4.48. The van der Waals surface area contributed by atoms with Crippen molar-refractivity contribution in [3.8, 4) is 28.5 Å². The number of aromatic amines is 1. The van der Waals surface area contributed by atoms with Crippen molar-refractivity contribution in [2.45, 2.75) is 26.3 Å². The third-order valence-corrected chi connectivity index (χ3v) is 6.16. The molecule has 3 N–H and O–H groups in total. The second-order valence-electron chi connectivity index (χ2n) is 7.80. The highest BCUT2D eigenvalue weighted by molar-refractivity contribution is 6.31. The monoisotopic (exact) mass is 471 g/mol. The van der Waals surface area contributed by atoms with Gasteiger partial charge in [-0.3, -0.25) is 9.89 Å². The fraction of sp³-hybridized carbons (Fsp3) is 0.333. The summed E-state index contributed by atoms with van der Waals surface area (Å²) in [5.41, 5.74) is 3.39. The zero-order valence-corrected chi connectivity index (χ0v) is 19.4. The summed E-state index contributed by atoms with van der Waals surface area (Å²) >= 11 is 6.33. The first-order valence-electron chi connectivity index (χ1n) is 10.7. The molecule has 8 nitrogen and oxygen atoms in total. The van der Waals surface area contributed by atoms with E-state index in [0.29, 0.717) is 58.6 Å². The number of nitrogens with one attached hydrogen (secondary N) is 1. The number of aromatic hydroxyl groups is 1. The van der Waals surface area contributed by atoms with E-state index >= 15 is 0 Å². The van der Waals surface area contributed by atoms with E-state index in [9.17, 15) is 15.0 Å². The van der Waals surface area contributed by atoms with Crippen LogP contribution in [0.3, 0.4) is 0 Å². The Balaban J connectivity index is 1.89. The lowest BCUT2D eigenvalue weighted by atomic mass is 9.95. The number of ether oxygens (including phenoxy) is 2. The van der Waals surface area contributed by atoms with E-state index in [1.165, 1.54) is 0 Å². The number of benzene rings is 2. The number of carbonyl (C=O) groups is 1. The van der Waals surface area contributed by atoms with Crippen molar-refractivity contribution in [2.75, 3.05) is 26.9 Å². The second kappa shape index (κ2) is 9.33. The number of aliphatic hydroxyl groups excluding tert-OH is 1. The Labute approximate surface area is 196 Å². The minimum absolute atomic E-state index is 0.0236. The van der Waals surface area contributed by atoms with Gasteiger partial charge in [-0.2, -0.15) is 5.10 Å². The topological polar surface area (TPSA) is 108 Å². The normalized spacial score (nSPS) is 15.1. The van der Waals surface area contributed by atoms with Crippen LogP contribution in [0.15, 0.2) is 30.3 Å². The minimum atomic E-state index is -0.503. The van der Waals surface area contributed by atoms with E-state index in [1.54, 1.807) is 31.1 Å². The third-order valence-electron chi connectivity index (χ3n) is 5.76. The van der Waals surface area contributed by atoms with E-state index in [0.717, 1.165) is 11.1 Å². The lowest BCUT2D eigenvalue weighted by Gasteiger charge is -2.27. The number of aryl methyl sites for hydroxylation is 1. The molecule has 0 fully saturated rings. The molecule has 1 aliphatic heterocycles. The molecule has 0 saturated carbocycles. The van der Waals surface area contributed by atoms with Crippen molar-refractivity contribution in [1.82, 2.24) is 15.1 Å². The number of phenolic OH excluding ortho intramolecular Hbond substituents is 1. The zero-order valence-electron chi connectivity index (χ0n) is 18.7. The molecule has 0 radical (unpaired) electrons. The molecule has 3 aromatic rings. The Morgan fingerprint density at radius 3 is 2.73 bits per heavy atom. The van der Waals surface area contributed by atoms with Crippen LogP contribution in [-0.4, -0.2) is 58.1 Å². The number of aromatic nitrogens is 2. The first-order chi connectivity index (χ1) is 15.9. The molecule has 0 saturated heterocycles. The van der Waals surface area contributed by atoms with Crippen LogP contribution in [0.1, 0.15) is 46.6 Å². The number of methoxy groups -OCH3 is 1. The molecule has 1 atom stereocenters. The van der Waals surface area contributed by atoms with E-state index < -0.39 is 6.04 Å². The maximum atomic E-state index is 13.3. The van der Waals surface area contributed by atoms with Crippen LogP contribution in [0.25, 0.3) is 11.3 Å². The second-order valence-corrected chi connectivity index (χ2v) is 8.21. The Morgan fingerprint density at radius 2 is 2.03 bits per heavy atom. The van der Waals surface area contributed by atoms with Gasteiger partial charge in [-0.15, -0.1) is 0 Å². The maximum Gasteiger partial charge on any atom is 0.273 e. The van der Waals surface area contributed by atoms with Crippen LogP contribution in [0.2, 0.25) is 5.02 Å². The van der Waals surface area contributed by atoms with Crippen LogP contribution in [0.5, 0.6) is 17.2 Å². The van der Waals surface area contributed by atoms with Crippen LogP contribution >= 0.6 is 11.6 Å². The van der Waals surface area contributed by atoms with Crippen molar-refractivity contribution in [3.63, 3.8) is 0 Å². The molecule has 2 heterocycles. The van der Waals surface area contributed by atoms with E-state index in [1.807, 2.05) is 25.1 Å². The molecule has 2 aromatic carbocycles. The number of hydrogen-bond acceptors (Lipinski definition) is 6. The molecular formula is C24H26ClN3O5. The molecule has 1 unspecified atom stereocenters. The maximum absolute atomic E-state index is 13.3. The number of rotatable bonds is 8. The van der Waals surface area contributed by atoms with Gasteiger partial charge in [-0.1, -0.05) is 17.7 Å². The summed E-state index contributed by atoms with van der Waals surface area (Å²) in [4.78, 5) is 15.0. The van der Waals surface area contributed by atoms with Gasteiger partial charge in [0.25, 0.3) is 5.91 Å². The van der Waals surface area contributed by atoms with Crippen molar-refractivity contribution in [3.05, 3.63) is 57.7 Å². The van der Waals surface area contributed by atoms with Gasteiger partial charge in [-0.05, 0) is 55.7 Å². The Bertz CT molecular complexity index is 1190. The molecule has 1 amide bonds. The van der Waals surface area contributed by atoms with Crippen molar-refractivity contribution in [2.24, 2.45) is 0 Å². The lowest BCUT2D eigenvalue weighted by molar-refractivity contribution is 0.0732. The van der Waals surface area contributed by atoms with Crippen molar-refractivity contribution < 1.29 is 24.5 Å². The van der Waals surface area contributed by atoms with Crippen LogP contribution in [0, 0.1) is 6.92 Å². The fourth-order valence-corrected chi connectivity index (χ4v) is 4.37. The van der Waals surface area contributed by atoms with Crippen LogP contribution < -0.4 is 9.47 Å². The highest BCUT2D eigenvalue weighted by Crippen LogP contribution is 2.46. The molecule has 1 aromatic heterocycles. The number of H-pyrrole nitrogens is 1. The first kappa shape index (κ1) is 22.9. The first-order valence-corrected chi connectivity index (χ1v) is 11.1. The molecule has 174 valence electrons. The van der Waals surface area contributed by atoms with E-state index in [4.69, 9.17) is 21.1 Å². The summed E-state index contributed by atoms with van der Waals surface area (Å²) in [6, 6.07) is 8.25. The highest BCUT2D eigenvalue weighted by atomic mass is 35.5. The SMILES string of the molecule is CCOc1ccc(C2c3c(-c4cc(Cl)c(C)cc4O)n[nH]c3C(=O)N2CCCO)cc1OC. The summed E-state index contributed by atoms with van der Waals surface area (Å²) in [6.07, 6.45) is 0.422. The Morgan fingerprint density at radius 1 is 1.24 bits per heavy atom. The molecule has 33 heavy (non-hydrogen) atoms. The number of aliphatic hydroxyl groups is 1. The molecule has 0 spiro atoms. The average Bonchev–Trinajstić information content (AvgIpc) is 3.34. The third kappa shape index (κ3) is 4.00. The molecule has 0 aliphatic carbocycles. The van der Waals surface area contributed by atoms with Gasteiger partial charge in [0.15, 0.2) is 11.5 Å². The largest absolute Gasteiger partial charge is 0.507 e. The zero-order chi connectivity index (χ0) is 23.7. The fourth-order valence-electron chi connectivity index (χ4n) is 4.21. The number of hydrogen-bond donors (Lipinski definition) is 3. The quantitative estimate of drug-likeness (QED) is 0.457. The summed E-state index contributed by atoms with van der Waals surface area (Å²) in [5.74, 6) is 0.942. The number of phenols is 1. The number of fused-ring (bicyclic) bond motifs is 1. The lowest BCUT2D eigenvalue weighted by Crippen LogP contribution is -2.31. The number of carbonyl (C=O) groups excluding carboxylic acids is 1. The van der Waals surface area contributed by atoms with Crippen LogP contribution in [-0.2, 0) is 0 Å². The standard InChI is InChI=1S/C24H26ClN3O5/c1-4-33-18-7-6-14(11-19(18)32-3)23-20-21(15-12-16(25)13(2)10-17(15)30)26-27-22(20)24(31)28(23)8-5-9-29/h6-7,10-12,23,29-30H,4-5,8-9H2,1-3H3,(H,26,27). The Hall–Kier alpha value is -3.23. The molecule has 1 aliphatic rings. The van der Waals surface area contributed by atoms with Crippen molar-refractivity contribution >= 4 is 17.5 Å². The van der Waals surface area contributed by atoms with Gasteiger partial charge in [0.2, 0.25) is 0 Å². The van der Waals surface area contributed by atoms with Gasteiger partial charge in [0.1, 0.15) is 17.1 Å². The number of amides is 1. The smallest absolute Gasteiger partial charge is 0.273 e. The van der Waals surface area contributed by atoms with Crippen LogP contribution in [0.4, 0.5) is 0 Å². The number of halogens is 1. The molecule has 0 bridgehead atoms. The highest BCUT2D eigenvalue weighted by Gasteiger charge is 2.42. The predicted molar refractivity (Wildman–Crippen MR) is 124 cm³/mol. The van der Waals surface area contributed by atoms with E-state index in [-0.39, 0.29) is 18.3 Å². The summed E-state index contributed by atoms with van der Waals surface area (Å²) in [5, 5.41) is 27.8. The number of nitrogens with zero attached hydrogens (tertiary/aromatic N) is 2.